The molecular formula is C14H33NbO4. The van der Waals surface area contributed by atoms with Crippen LogP contribution in [0.25, 0.3) is 0 Å². The Morgan fingerprint density at radius 3 is 0.947 bits per heavy atom. The molecule has 0 bridgehead atoms. The Kier molecular flexibility index (Phi) is 10.6. The van der Waals surface area contributed by atoms with E-state index < -0.39 is 17.4 Å². The maximum atomic E-state index is 6.16. The van der Waals surface area contributed by atoms with Crippen LogP contribution in [0.5, 0.6) is 0 Å². The standard InChI is InChI=1S/4C3H7O.C2H5.Nb/c4*1-2-3-4;1-2;/h4*2-3H2,1H3;1H2,2H3;/q4*-1;;+4. The normalized spacial score (nSPS) is 14.3. The molecule has 0 radical (unpaired) electrons. The Hall–Kier alpha value is 0.580. The predicted molar refractivity (Wildman–Crippen MR) is 75.5 cm³/mol. The summed E-state index contributed by atoms with van der Waals surface area (Å²) >= 11 is -4.30. The Balaban J connectivity index is 5.10. The first-order chi connectivity index (χ1) is 9.12. The van der Waals surface area contributed by atoms with Gasteiger partial charge in [0.1, 0.15) is 0 Å². The van der Waals surface area contributed by atoms with Gasteiger partial charge in [0.15, 0.2) is 0 Å². The van der Waals surface area contributed by atoms with Gasteiger partial charge in [-0.2, -0.15) is 0 Å². The third-order valence-corrected chi connectivity index (χ3v) is 11.9. The molecule has 0 aromatic carbocycles. The zero-order valence-electron chi connectivity index (χ0n) is 13.4. The summed E-state index contributed by atoms with van der Waals surface area (Å²) in [5, 5.41) is 0. The van der Waals surface area contributed by atoms with Crippen molar-refractivity contribution < 1.29 is 30.4 Å². The van der Waals surface area contributed by atoms with Crippen LogP contribution in [0, 0.1) is 0 Å². The van der Waals surface area contributed by atoms with Crippen molar-refractivity contribution in [3.8, 4) is 0 Å². The molecule has 0 saturated carbocycles. The molecule has 0 spiro atoms. The molecule has 0 fully saturated rings. The van der Waals surface area contributed by atoms with E-state index in [9.17, 15) is 0 Å². The van der Waals surface area contributed by atoms with Crippen molar-refractivity contribution in [3.63, 3.8) is 0 Å². The molecular weight excluding hydrogens is 325 g/mol. The van der Waals surface area contributed by atoms with Crippen LogP contribution in [0.2, 0.25) is 4.64 Å². The maximum absolute atomic E-state index is 6.16. The molecule has 5 heteroatoms. The van der Waals surface area contributed by atoms with Crippen LogP contribution < -0.4 is 0 Å². The van der Waals surface area contributed by atoms with Crippen LogP contribution in [-0.4, -0.2) is 26.4 Å². The Labute approximate surface area is 122 Å². The fraction of sp³-hybridized carbons (Fsp3) is 1.00. The second-order valence-electron chi connectivity index (χ2n) is 4.61. The number of hydrogen-bond acceptors (Lipinski definition) is 4. The summed E-state index contributed by atoms with van der Waals surface area (Å²) < 4.78 is 25.3. The fourth-order valence-corrected chi connectivity index (χ4v) is 9.82. The first-order valence-corrected chi connectivity index (χ1v) is 12.9. The fourth-order valence-electron chi connectivity index (χ4n) is 1.66. The van der Waals surface area contributed by atoms with Crippen molar-refractivity contribution in [1.82, 2.24) is 0 Å². The van der Waals surface area contributed by atoms with Gasteiger partial charge in [-0.15, -0.1) is 0 Å². The summed E-state index contributed by atoms with van der Waals surface area (Å²) in [5.74, 6) is 0. The molecule has 0 saturated heterocycles. The summed E-state index contributed by atoms with van der Waals surface area (Å²) in [5.41, 5.74) is 0. The van der Waals surface area contributed by atoms with E-state index >= 15 is 0 Å². The van der Waals surface area contributed by atoms with Gasteiger partial charge in [0.05, 0.1) is 0 Å². The molecule has 0 heterocycles. The predicted octanol–water partition coefficient (Wildman–Crippen LogP) is 4.48. The van der Waals surface area contributed by atoms with E-state index in [2.05, 4.69) is 34.6 Å². The van der Waals surface area contributed by atoms with Crippen LogP contribution in [0.4, 0.5) is 0 Å². The molecule has 0 atom stereocenters. The molecule has 0 aromatic rings. The average molecular weight is 358 g/mol. The SMILES string of the molecule is CCC[O][Nb]([CH2]C)([O]CCC)([O]CCC)[O]CCC. The second-order valence-corrected chi connectivity index (χ2v) is 13.4. The van der Waals surface area contributed by atoms with Crippen molar-refractivity contribution in [1.29, 1.82) is 0 Å². The van der Waals surface area contributed by atoms with E-state index in [4.69, 9.17) is 13.0 Å². The van der Waals surface area contributed by atoms with Crippen LogP contribution in [0.3, 0.4) is 0 Å². The van der Waals surface area contributed by atoms with Gasteiger partial charge in [0.25, 0.3) is 0 Å². The topological polar surface area (TPSA) is 36.9 Å². The van der Waals surface area contributed by atoms with Crippen LogP contribution >= 0.6 is 0 Å². The quantitative estimate of drug-likeness (QED) is 0.455. The number of rotatable bonds is 13. The molecule has 0 amide bonds. The summed E-state index contributed by atoms with van der Waals surface area (Å²) in [6.45, 7) is 13.0. The molecule has 0 aliphatic carbocycles. The Bertz CT molecular complexity index is 180. The molecule has 19 heavy (non-hydrogen) atoms. The molecule has 0 unspecified atom stereocenters. The van der Waals surface area contributed by atoms with Crippen LogP contribution in [0.1, 0.15) is 60.3 Å². The van der Waals surface area contributed by atoms with Gasteiger partial charge in [-0.05, 0) is 0 Å². The summed E-state index contributed by atoms with van der Waals surface area (Å²) in [4.78, 5) is 0. The van der Waals surface area contributed by atoms with Crippen LogP contribution in [-0.2, 0) is 30.4 Å². The third-order valence-electron chi connectivity index (χ3n) is 2.70. The summed E-state index contributed by atoms with van der Waals surface area (Å²) in [6, 6.07) is 0. The first kappa shape index (κ1) is 19.6. The molecule has 0 aliphatic heterocycles. The van der Waals surface area contributed by atoms with Gasteiger partial charge in [0, 0.05) is 0 Å². The zero-order chi connectivity index (χ0) is 14.6. The minimum absolute atomic E-state index is 0.645. The molecule has 0 N–H and O–H groups in total. The van der Waals surface area contributed by atoms with E-state index in [1.807, 2.05) is 0 Å². The second kappa shape index (κ2) is 10.3. The van der Waals surface area contributed by atoms with Gasteiger partial charge >= 0.3 is 122 Å². The van der Waals surface area contributed by atoms with Gasteiger partial charge in [-0.3, -0.25) is 0 Å². The zero-order valence-corrected chi connectivity index (χ0v) is 15.6. The molecule has 4 nitrogen and oxygen atoms in total. The van der Waals surface area contributed by atoms with Gasteiger partial charge < -0.3 is 0 Å². The minimum atomic E-state index is -4.30. The summed E-state index contributed by atoms with van der Waals surface area (Å²) in [6.07, 6.45) is 3.79. The van der Waals surface area contributed by atoms with Crippen molar-refractivity contribution in [2.75, 3.05) is 26.4 Å². The van der Waals surface area contributed by atoms with Gasteiger partial charge in [-0.25, -0.2) is 0 Å². The van der Waals surface area contributed by atoms with E-state index in [0.29, 0.717) is 31.1 Å². The average Bonchev–Trinajstić information content (AvgIpc) is 2.47. The molecule has 0 aromatic heterocycles. The molecule has 0 rings (SSSR count). The Morgan fingerprint density at radius 1 is 0.526 bits per heavy atom. The van der Waals surface area contributed by atoms with Crippen LogP contribution in [0.15, 0.2) is 0 Å². The first-order valence-electron chi connectivity index (χ1n) is 7.74. The van der Waals surface area contributed by atoms with Crippen molar-refractivity contribution in [2.24, 2.45) is 0 Å². The van der Waals surface area contributed by atoms with E-state index in [-0.39, 0.29) is 0 Å². The van der Waals surface area contributed by atoms with Crippen molar-refractivity contribution in [3.05, 3.63) is 0 Å². The van der Waals surface area contributed by atoms with Gasteiger partial charge in [-0.1, -0.05) is 0 Å². The van der Waals surface area contributed by atoms with Gasteiger partial charge in [0.2, 0.25) is 0 Å². The van der Waals surface area contributed by atoms with Crippen molar-refractivity contribution in [2.45, 2.75) is 64.9 Å². The monoisotopic (exact) mass is 358 g/mol. The van der Waals surface area contributed by atoms with E-state index in [1.54, 1.807) is 0 Å². The third kappa shape index (κ3) is 6.25. The summed E-state index contributed by atoms with van der Waals surface area (Å²) in [7, 11) is 0. The van der Waals surface area contributed by atoms with E-state index in [1.165, 1.54) is 0 Å². The molecule has 0 aliphatic rings. The molecule has 118 valence electrons. The number of hydrogen-bond donors (Lipinski definition) is 0. The van der Waals surface area contributed by atoms with Crippen molar-refractivity contribution >= 4 is 0 Å². The Morgan fingerprint density at radius 2 is 0.789 bits per heavy atom. The van der Waals surface area contributed by atoms with E-state index in [0.717, 1.165) is 25.7 Å².